The van der Waals surface area contributed by atoms with E-state index in [4.69, 9.17) is 5.73 Å². The number of nitrogens with two attached hydrogens (primary N) is 1. The summed E-state index contributed by atoms with van der Waals surface area (Å²) >= 11 is 1.38. The molecule has 0 bridgehead atoms. The van der Waals surface area contributed by atoms with Crippen LogP contribution in [0.15, 0.2) is 35.7 Å². The van der Waals surface area contributed by atoms with Crippen molar-refractivity contribution in [1.82, 2.24) is 0 Å². The van der Waals surface area contributed by atoms with Crippen LogP contribution in [0.4, 0.5) is 8.78 Å². The van der Waals surface area contributed by atoms with E-state index in [9.17, 15) is 18.7 Å². The van der Waals surface area contributed by atoms with E-state index in [1.165, 1.54) is 11.3 Å². The molecule has 0 aliphatic carbocycles. The highest BCUT2D eigenvalue weighted by Crippen LogP contribution is 2.31. The van der Waals surface area contributed by atoms with E-state index in [1.807, 2.05) is 5.38 Å². The highest BCUT2D eigenvalue weighted by Gasteiger charge is 2.40. The number of carboxylic acid groups (broad SMARTS) is 1. The molecule has 0 fully saturated rings. The van der Waals surface area contributed by atoms with Gasteiger partial charge in [-0.15, -0.1) is 11.3 Å². The molecule has 3 N–H and O–H groups in total. The molecule has 2 rings (SSSR count). The van der Waals surface area contributed by atoms with Gasteiger partial charge in [-0.2, -0.15) is 0 Å². The zero-order chi connectivity index (χ0) is 14.8. The summed E-state index contributed by atoms with van der Waals surface area (Å²) in [6, 6.07) is 6.32. The lowest BCUT2D eigenvalue weighted by Crippen LogP contribution is -2.45. The monoisotopic (exact) mass is 297 g/mol. The van der Waals surface area contributed by atoms with Gasteiger partial charge in [0.25, 0.3) is 0 Å². The van der Waals surface area contributed by atoms with Crippen LogP contribution < -0.4 is 5.73 Å². The third-order valence-corrected chi connectivity index (χ3v) is 4.11. The first-order valence-corrected chi connectivity index (χ1v) is 6.78. The lowest BCUT2D eigenvalue weighted by Gasteiger charge is -2.28. The molecule has 0 aliphatic heterocycles. The first-order chi connectivity index (χ1) is 9.48. The molecule has 0 spiro atoms. The standard InChI is InChI=1S/C14H13F2NO2S/c15-10-4-9(5-11(16)6-10)14(8-17,13(18)19)7-12-2-1-3-20-12/h1-6H,7-8,17H2,(H,18,19). The molecule has 106 valence electrons. The fraction of sp³-hybridized carbons (Fsp3) is 0.214. The Hall–Kier alpha value is -1.79. The van der Waals surface area contributed by atoms with E-state index < -0.39 is 23.0 Å². The molecule has 0 aliphatic rings. The fourth-order valence-electron chi connectivity index (χ4n) is 2.12. The highest BCUT2D eigenvalue weighted by molar-refractivity contribution is 7.09. The van der Waals surface area contributed by atoms with E-state index in [-0.39, 0.29) is 18.5 Å². The zero-order valence-electron chi connectivity index (χ0n) is 10.5. The van der Waals surface area contributed by atoms with Crippen molar-refractivity contribution in [1.29, 1.82) is 0 Å². The van der Waals surface area contributed by atoms with E-state index in [0.717, 1.165) is 17.0 Å². The Morgan fingerprint density at radius 2 is 1.95 bits per heavy atom. The summed E-state index contributed by atoms with van der Waals surface area (Å²) in [6.45, 7) is -0.247. The minimum absolute atomic E-state index is 0.0402. The molecule has 0 amide bonds. The molecule has 3 nitrogen and oxygen atoms in total. The quantitative estimate of drug-likeness (QED) is 0.891. The number of halogens is 2. The fourth-order valence-corrected chi connectivity index (χ4v) is 2.94. The van der Waals surface area contributed by atoms with Gasteiger partial charge in [0.05, 0.1) is 0 Å². The molecule has 0 saturated carbocycles. The zero-order valence-corrected chi connectivity index (χ0v) is 11.3. The minimum atomic E-state index is -1.53. The Morgan fingerprint density at radius 3 is 2.40 bits per heavy atom. The Balaban J connectivity index is 2.53. The third-order valence-electron chi connectivity index (χ3n) is 3.23. The number of thiophene rings is 1. The van der Waals surface area contributed by atoms with Crippen LogP contribution in [0.5, 0.6) is 0 Å². The smallest absolute Gasteiger partial charge is 0.315 e. The molecule has 0 saturated heterocycles. The van der Waals surface area contributed by atoms with Gasteiger partial charge in [-0.3, -0.25) is 4.79 Å². The number of rotatable bonds is 5. The van der Waals surface area contributed by atoms with Gasteiger partial charge in [0.2, 0.25) is 0 Å². The largest absolute Gasteiger partial charge is 0.481 e. The highest BCUT2D eigenvalue weighted by atomic mass is 32.1. The molecule has 2 aromatic rings. The number of aliphatic carboxylic acids is 1. The van der Waals surface area contributed by atoms with Crippen molar-refractivity contribution in [3.8, 4) is 0 Å². The predicted octanol–water partition coefficient (Wildman–Crippen LogP) is 2.55. The maximum Gasteiger partial charge on any atom is 0.315 e. The average Bonchev–Trinajstić information content (AvgIpc) is 2.87. The normalized spacial score (nSPS) is 13.9. The Labute approximate surface area is 118 Å². The first-order valence-electron chi connectivity index (χ1n) is 5.90. The van der Waals surface area contributed by atoms with Gasteiger partial charge < -0.3 is 10.8 Å². The summed E-state index contributed by atoms with van der Waals surface area (Å²) < 4.78 is 26.7. The SMILES string of the molecule is NCC(Cc1cccs1)(C(=O)O)c1cc(F)cc(F)c1. The van der Waals surface area contributed by atoms with Crippen molar-refractivity contribution < 1.29 is 18.7 Å². The predicted molar refractivity (Wildman–Crippen MR) is 72.7 cm³/mol. The lowest BCUT2D eigenvalue weighted by atomic mass is 9.77. The van der Waals surface area contributed by atoms with Gasteiger partial charge in [-0.1, -0.05) is 6.07 Å². The van der Waals surface area contributed by atoms with Crippen molar-refractivity contribution in [2.24, 2.45) is 5.73 Å². The van der Waals surface area contributed by atoms with Crippen molar-refractivity contribution in [2.45, 2.75) is 11.8 Å². The number of carbonyl (C=O) groups is 1. The lowest BCUT2D eigenvalue weighted by molar-refractivity contribution is -0.143. The van der Waals surface area contributed by atoms with Crippen LogP contribution in [-0.4, -0.2) is 17.6 Å². The van der Waals surface area contributed by atoms with Crippen LogP contribution >= 0.6 is 11.3 Å². The molecular weight excluding hydrogens is 284 g/mol. The Bertz CT molecular complexity index is 595. The summed E-state index contributed by atoms with van der Waals surface area (Å²) in [4.78, 5) is 12.5. The topological polar surface area (TPSA) is 63.3 Å². The van der Waals surface area contributed by atoms with Crippen molar-refractivity contribution in [2.75, 3.05) is 6.54 Å². The maximum absolute atomic E-state index is 13.4. The number of hydrogen-bond acceptors (Lipinski definition) is 3. The summed E-state index contributed by atoms with van der Waals surface area (Å²) in [6.07, 6.45) is 0.0966. The third kappa shape index (κ3) is 2.71. The Kier molecular flexibility index (Phi) is 4.15. The molecular formula is C14H13F2NO2S. The molecule has 0 radical (unpaired) electrons. The second-order valence-electron chi connectivity index (χ2n) is 4.51. The number of carboxylic acids is 1. The van der Waals surface area contributed by atoms with Gasteiger partial charge in [-0.25, -0.2) is 8.78 Å². The molecule has 1 aromatic carbocycles. The average molecular weight is 297 g/mol. The maximum atomic E-state index is 13.4. The minimum Gasteiger partial charge on any atom is -0.481 e. The van der Waals surface area contributed by atoms with Gasteiger partial charge in [0.15, 0.2) is 0 Å². The van der Waals surface area contributed by atoms with Crippen LogP contribution in [0.25, 0.3) is 0 Å². The van der Waals surface area contributed by atoms with Crippen molar-refractivity contribution >= 4 is 17.3 Å². The van der Waals surface area contributed by atoms with E-state index in [2.05, 4.69) is 0 Å². The van der Waals surface area contributed by atoms with Crippen LogP contribution in [0.3, 0.4) is 0 Å². The summed E-state index contributed by atoms with van der Waals surface area (Å²) in [5, 5.41) is 11.3. The summed E-state index contributed by atoms with van der Waals surface area (Å²) in [5.41, 5.74) is 4.14. The van der Waals surface area contributed by atoms with Crippen LogP contribution in [-0.2, 0) is 16.6 Å². The van der Waals surface area contributed by atoms with E-state index in [0.29, 0.717) is 6.07 Å². The summed E-state index contributed by atoms with van der Waals surface area (Å²) in [5.74, 6) is -2.83. The van der Waals surface area contributed by atoms with Gasteiger partial charge in [0.1, 0.15) is 17.0 Å². The second-order valence-corrected chi connectivity index (χ2v) is 5.54. The van der Waals surface area contributed by atoms with E-state index in [1.54, 1.807) is 12.1 Å². The molecule has 1 atom stereocenters. The molecule has 1 heterocycles. The first kappa shape index (κ1) is 14.6. The van der Waals surface area contributed by atoms with Crippen LogP contribution in [0.1, 0.15) is 10.4 Å². The molecule has 20 heavy (non-hydrogen) atoms. The molecule has 1 unspecified atom stereocenters. The second kappa shape index (κ2) is 5.68. The number of benzene rings is 1. The van der Waals surface area contributed by atoms with Crippen molar-refractivity contribution in [3.05, 3.63) is 57.8 Å². The summed E-state index contributed by atoms with van der Waals surface area (Å²) in [7, 11) is 0. The van der Waals surface area contributed by atoms with E-state index >= 15 is 0 Å². The van der Waals surface area contributed by atoms with Gasteiger partial charge >= 0.3 is 5.97 Å². The number of hydrogen-bond donors (Lipinski definition) is 2. The molecule has 6 heteroatoms. The Morgan fingerprint density at radius 1 is 1.30 bits per heavy atom. The van der Waals surface area contributed by atoms with Crippen LogP contribution in [0.2, 0.25) is 0 Å². The molecule has 1 aromatic heterocycles. The van der Waals surface area contributed by atoms with Crippen LogP contribution in [0, 0.1) is 11.6 Å². The van der Waals surface area contributed by atoms with Gasteiger partial charge in [-0.05, 0) is 29.1 Å². The van der Waals surface area contributed by atoms with Crippen molar-refractivity contribution in [3.63, 3.8) is 0 Å². The van der Waals surface area contributed by atoms with Gasteiger partial charge in [0, 0.05) is 23.9 Å².